The van der Waals surface area contributed by atoms with Gasteiger partial charge in [0.1, 0.15) is 5.54 Å². The average Bonchev–Trinajstić information content (AvgIpc) is 2.94. The summed E-state index contributed by atoms with van der Waals surface area (Å²) in [7, 11) is 0. The van der Waals surface area contributed by atoms with Gasteiger partial charge >= 0.3 is 6.03 Å². The van der Waals surface area contributed by atoms with E-state index in [1.165, 1.54) is 0 Å². The van der Waals surface area contributed by atoms with Gasteiger partial charge in [0.2, 0.25) is 11.9 Å². The van der Waals surface area contributed by atoms with Crippen molar-refractivity contribution in [3.8, 4) is 0 Å². The second kappa shape index (κ2) is 7.43. The third-order valence-electron chi connectivity index (χ3n) is 5.02. The van der Waals surface area contributed by atoms with Gasteiger partial charge in [0.25, 0.3) is 5.91 Å². The smallest absolute Gasteiger partial charge is 0.325 e. The van der Waals surface area contributed by atoms with E-state index in [4.69, 9.17) is 5.73 Å². The number of nitrogens with one attached hydrogen (secondary N) is 2. The molecule has 2 heterocycles. The van der Waals surface area contributed by atoms with E-state index >= 15 is 0 Å². The van der Waals surface area contributed by atoms with Gasteiger partial charge in [-0.1, -0.05) is 48.5 Å². The molecular weight excluding hydrogens is 382 g/mol. The maximum Gasteiger partial charge on any atom is 0.325 e. The zero-order valence-electron chi connectivity index (χ0n) is 16.6. The molecule has 0 bridgehead atoms. The molecule has 0 saturated carbocycles. The highest BCUT2D eigenvalue weighted by atomic mass is 16.2. The molecule has 152 valence electrons. The highest BCUT2D eigenvalue weighted by Gasteiger charge is 2.49. The second-order valence-electron chi connectivity index (χ2n) is 7.19. The third-order valence-corrected chi connectivity index (χ3v) is 5.02. The molecule has 1 aliphatic rings. The minimum atomic E-state index is -1.15. The van der Waals surface area contributed by atoms with Gasteiger partial charge in [-0.3, -0.25) is 9.69 Å². The van der Waals surface area contributed by atoms with Gasteiger partial charge in [0, 0.05) is 5.69 Å². The number of urea groups is 1. The molecule has 1 saturated heterocycles. The molecule has 30 heavy (non-hydrogen) atoms. The summed E-state index contributed by atoms with van der Waals surface area (Å²) in [6, 6.07) is 16.2. The second-order valence-corrected chi connectivity index (χ2v) is 7.19. The maximum absolute atomic E-state index is 13.1. The summed E-state index contributed by atoms with van der Waals surface area (Å²) in [5.41, 5.74) is 7.20. The summed E-state index contributed by atoms with van der Waals surface area (Å²) >= 11 is 0. The minimum absolute atomic E-state index is 0.00559. The predicted molar refractivity (Wildman–Crippen MR) is 112 cm³/mol. The third kappa shape index (κ3) is 3.52. The van der Waals surface area contributed by atoms with E-state index in [-0.39, 0.29) is 30.2 Å². The number of benzene rings is 2. The number of aromatic nitrogens is 3. The first-order valence-corrected chi connectivity index (χ1v) is 9.39. The largest absolute Gasteiger partial charge is 0.368 e. The van der Waals surface area contributed by atoms with Crippen molar-refractivity contribution in [2.24, 2.45) is 0 Å². The number of aryl methyl sites for hydroxylation is 1. The molecule has 0 aliphatic carbocycles. The van der Waals surface area contributed by atoms with Crippen molar-refractivity contribution in [2.45, 2.75) is 25.9 Å². The monoisotopic (exact) mass is 403 g/mol. The van der Waals surface area contributed by atoms with E-state index in [2.05, 4.69) is 25.6 Å². The highest BCUT2D eigenvalue weighted by Crippen LogP contribution is 2.29. The highest BCUT2D eigenvalue weighted by molar-refractivity contribution is 6.07. The summed E-state index contributed by atoms with van der Waals surface area (Å²) < 4.78 is 0. The van der Waals surface area contributed by atoms with E-state index in [0.29, 0.717) is 5.56 Å². The Labute approximate surface area is 173 Å². The number of amides is 3. The Morgan fingerprint density at radius 2 is 1.73 bits per heavy atom. The molecule has 1 aromatic heterocycles. The van der Waals surface area contributed by atoms with Gasteiger partial charge in [0.15, 0.2) is 5.82 Å². The van der Waals surface area contributed by atoms with Crippen LogP contribution in [0.25, 0.3) is 0 Å². The zero-order chi connectivity index (χ0) is 21.3. The first-order valence-electron chi connectivity index (χ1n) is 9.39. The zero-order valence-corrected chi connectivity index (χ0v) is 16.6. The van der Waals surface area contributed by atoms with Crippen molar-refractivity contribution in [3.05, 3.63) is 71.5 Å². The van der Waals surface area contributed by atoms with Crippen LogP contribution in [-0.2, 0) is 16.9 Å². The molecule has 1 fully saturated rings. The number of rotatable bonds is 5. The standard InChI is InChI=1S/C21H21N7O2/c1-13-8-6-7-11-15(13)23-19-25-16(24-18(22)26-19)12-28-17(29)21(2,27-20(28)30)14-9-4-3-5-10-14/h3-11H,12H2,1-2H3,(H,27,30)(H3,22,23,24,25,26)/t21-/m1/s1. The summed E-state index contributed by atoms with van der Waals surface area (Å²) in [6.07, 6.45) is 0. The Hall–Kier alpha value is -4.01. The fraction of sp³-hybridized carbons (Fsp3) is 0.190. The maximum atomic E-state index is 13.1. The van der Waals surface area contributed by atoms with Crippen LogP contribution in [0, 0.1) is 6.92 Å². The van der Waals surface area contributed by atoms with E-state index in [0.717, 1.165) is 16.2 Å². The quantitative estimate of drug-likeness (QED) is 0.559. The van der Waals surface area contributed by atoms with Crippen molar-refractivity contribution < 1.29 is 9.59 Å². The molecule has 0 spiro atoms. The van der Waals surface area contributed by atoms with Crippen LogP contribution in [0.15, 0.2) is 54.6 Å². The number of hydrogen-bond donors (Lipinski definition) is 3. The SMILES string of the molecule is Cc1ccccc1Nc1nc(N)nc(CN2C(=O)N[C@](C)(c3ccccc3)C2=O)n1. The van der Waals surface area contributed by atoms with Crippen molar-refractivity contribution in [3.63, 3.8) is 0 Å². The first kappa shape index (κ1) is 19.3. The Morgan fingerprint density at radius 3 is 2.47 bits per heavy atom. The average molecular weight is 403 g/mol. The molecule has 4 N–H and O–H groups in total. The number of imide groups is 1. The van der Waals surface area contributed by atoms with Crippen molar-refractivity contribution in [1.29, 1.82) is 0 Å². The fourth-order valence-electron chi connectivity index (χ4n) is 3.35. The molecule has 1 atom stereocenters. The molecule has 3 aromatic rings. The number of carbonyl (C=O) groups excluding carboxylic acids is 2. The van der Waals surface area contributed by atoms with Crippen molar-refractivity contribution in [1.82, 2.24) is 25.2 Å². The predicted octanol–water partition coefficient (Wildman–Crippen LogP) is 2.47. The summed E-state index contributed by atoms with van der Waals surface area (Å²) in [5, 5.41) is 5.86. The van der Waals surface area contributed by atoms with Crippen LogP contribution in [0.1, 0.15) is 23.9 Å². The Kier molecular flexibility index (Phi) is 4.78. The van der Waals surface area contributed by atoms with Crippen LogP contribution in [0.3, 0.4) is 0 Å². The molecule has 0 radical (unpaired) electrons. The van der Waals surface area contributed by atoms with Crippen LogP contribution in [0.5, 0.6) is 0 Å². The number of nitrogen functional groups attached to an aromatic ring is 1. The van der Waals surface area contributed by atoms with Crippen molar-refractivity contribution in [2.75, 3.05) is 11.1 Å². The molecule has 9 nitrogen and oxygen atoms in total. The van der Waals surface area contributed by atoms with E-state index in [9.17, 15) is 9.59 Å². The van der Waals surface area contributed by atoms with Crippen LogP contribution in [-0.4, -0.2) is 31.8 Å². The molecule has 1 aliphatic heterocycles. The van der Waals surface area contributed by atoms with Gasteiger partial charge in [-0.25, -0.2) is 4.79 Å². The normalized spacial score (nSPS) is 18.4. The number of anilines is 3. The van der Waals surface area contributed by atoms with E-state index < -0.39 is 11.6 Å². The molecule has 9 heteroatoms. The van der Waals surface area contributed by atoms with Gasteiger partial charge in [-0.15, -0.1) is 0 Å². The van der Waals surface area contributed by atoms with Crippen LogP contribution < -0.4 is 16.4 Å². The Bertz CT molecular complexity index is 1120. The van der Waals surface area contributed by atoms with Crippen LogP contribution in [0.2, 0.25) is 0 Å². The number of carbonyl (C=O) groups is 2. The van der Waals surface area contributed by atoms with Gasteiger partial charge < -0.3 is 16.4 Å². The van der Waals surface area contributed by atoms with Crippen LogP contribution in [0.4, 0.5) is 22.4 Å². The summed E-state index contributed by atoms with van der Waals surface area (Å²) in [6.45, 7) is 3.50. The molecular formula is C21H21N7O2. The molecule has 2 aromatic carbocycles. The molecule has 4 rings (SSSR count). The van der Waals surface area contributed by atoms with Gasteiger partial charge in [0.05, 0.1) is 6.54 Å². The van der Waals surface area contributed by atoms with Crippen LogP contribution >= 0.6 is 0 Å². The molecule has 0 unspecified atom stereocenters. The van der Waals surface area contributed by atoms with E-state index in [1.54, 1.807) is 19.1 Å². The fourth-order valence-corrected chi connectivity index (χ4v) is 3.35. The van der Waals surface area contributed by atoms with E-state index in [1.807, 2.05) is 49.4 Å². The molecule has 3 amide bonds. The number of para-hydroxylation sites is 1. The Balaban J connectivity index is 1.58. The lowest BCUT2D eigenvalue weighted by Gasteiger charge is -2.22. The summed E-state index contributed by atoms with van der Waals surface area (Å²) in [5.74, 6) is 0.0594. The lowest BCUT2D eigenvalue weighted by Crippen LogP contribution is -2.40. The minimum Gasteiger partial charge on any atom is -0.368 e. The number of nitrogens with zero attached hydrogens (tertiary/aromatic N) is 4. The topological polar surface area (TPSA) is 126 Å². The number of nitrogens with two attached hydrogens (primary N) is 1. The number of hydrogen-bond acceptors (Lipinski definition) is 7. The lowest BCUT2D eigenvalue weighted by molar-refractivity contribution is -0.131. The lowest BCUT2D eigenvalue weighted by atomic mass is 9.92. The summed E-state index contributed by atoms with van der Waals surface area (Å²) in [4.78, 5) is 39.2. The van der Waals surface area contributed by atoms with Gasteiger partial charge in [-0.2, -0.15) is 15.0 Å². The van der Waals surface area contributed by atoms with Crippen molar-refractivity contribution >= 4 is 29.5 Å². The van der Waals surface area contributed by atoms with Gasteiger partial charge in [-0.05, 0) is 31.0 Å². The first-order chi connectivity index (χ1) is 14.4. The Morgan fingerprint density at radius 1 is 1.03 bits per heavy atom.